The average molecular weight is 346 g/mol. The van der Waals surface area contributed by atoms with Gasteiger partial charge in [0.25, 0.3) is 5.91 Å². The van der Waals surface area contributed by atoms with Crippen LogP contribution in [0, 0.1) is 6.92 Å². The van der Waals surface area contributed by atoms with E-state index in [0.717, 1.165) is 49.8 Å². The Morgan fingerprint density at radius 1 is 1.29 bits per heavy atom. The zero-order chi connectivity index (χ0) is 16.9. The summed E-state index contributed by atoms with van der Waals surface area (Å²) in [6.07, 6.45) is 2.56. The SMILES string of the molecule is COc1ccc(C(=O)N2CCCN(Cc3csc(C)n3)CC2)cn1. The van der Waals surface area contributed by atoms with Crippen LogP contribution in [0.25, 0.3) is 0 Å². The average Bonchev–Trinajstić information content (AvgIpc) is 2.87. The van der Waals surface area contributed by atoms with Gasteiger partial charge in [0.15, 0.2) is 0 Å². The second kappa shape index (κ2) is 7.72. The zero-order valence-corrected chi connectivity index (χ0v) is 14.9. The summed E-state index contributed by atoms with van der Waals surface area (Å²) in [7, 11) is 1.57. The van der Waals surface area contributed by atoms with Crippen LogP contribution in [0.15, 0.2) is 23.7 Å². The molecule has 1 aliphatic rings. The van der Waals surface area contributed by atoms with Crippen molar-refractivity contribution in [3.05, 3.63) is 40.0 Å². The van der Waals surface area contributed by atoms with Crippen molar-refractivity contribution >= 4 is 17.2 Å². The quantitative estimate of drug-likeness (QED) is 0.849. The number of carbonyl (C=O) groups is 1. The van der Waals surface area contributed by atoms with Crippen LogP contribution in [0.2, 0.25) is 0 Å². The van der Waals surface area contributed by atoms with Crippen LogP contribution >= 0.6 is 11.3 Å². The molecule has 24 heavy (non-hydrogen) atoms. The summed E-state index contributed by atoms with van der Waals surface area (Å²) in [4.78, 5) is 25.6. The number of amides is 1. The second-order valence-corrected chi connectivity index (χ2v) is 6.93. The minimum atomic E-state index is 0.0384. The topological polar surface area (TPSA) is 58.6 Å². The molecule has 3 heterocycles. The normalized spacial score (nSPS) is 16.0. The molecule has 0 spiro atoms. The van der Waals surface area contributed by atoms with Gasteiger partial charge in [-0.05, 0) is 19.4 Å². The maximum absolute atomic E-state index is 12.6. The Morgan fingerprint density at radius 3 is 2.83 bits per heavy atom. The van der Waals surface area contributed by atoms with Crippen LogP contribution in [0.3, 0.4) is 0 Å². The molecule has 128 valence electrons. The molecule has 0 unspecified atom stereocenters. The summed E-state index contributed by atoms with van der Waals surface area (Å²) < 4.78 is 5.04. The highest BCUT2D eigenvalue weighted by molar-refractivity contribution is 7.09. The van der Waals surface area contributed by atoms with Gasteiger partial charge in [0, 0.05) is 50.4 Å². The van der Waals surface area contributed by atoms with E-state index >= 15 is 0 Å². The van der Waals surface area contributed by atoms with Gasteiger partial charge >= 0.3 is 0 Å². The lowest BCUT2D eigenvalue weighted by molar-refractivity contribution is 0.0760. The Bertz CT molecular complexity index is 686. The molecule has 0 aliphatic carbocycles. The first-order valence-electron chi connectivity index (χ1n) is 8.08. The number of thiazole rings is 1. The summed E-state index contributed by atoms with van der Waals surface area (Å²) in [6.45, 7) is 6.24. The van der Waals surface area contributed by atoms with Gasteiger partial charge < -0.3 is 9.64 Å². The standard InChI is InChI=1S/C17H22N4O2S/c1-13-19-15(12-24-13)11-20-6-3-7-21(9-8-20)17(22)14-4-5-16(23-2)18-10-14/h4-5,10,12H,3,6-9,11H2,1-2H3. The number of nitrogens with zero attached hydrogens (tertiary/aromatic N) is 4. The molecular weight excluding hydrogens is 324 g/mol. The summed E-state index contributed by atoms with van der Waals surface area (Å²) in [5.41, 5.74) is 1.73. The Hall–Kier alpha value is -1.99. The molecule has 6 nitrogen and oxygen atoms in total. The fourth-order valence-corrected chi connectivity index (χ4v) is 3.46. The third-order valence-electron chi connectivity index (χ3n) is 4.12. The number of hydrogen-bond donors (Lipinski definition) is 0. The molecule has 1 fully saturated rings. The first-order valence-corrected chi connectivity index (χ1v) is 8.96. The number of pyridine rings is 1. The van der Waals surface area contributed by atoms with Crippen LogP contribution < -0.4 is 4.74 Å². The van der Waals surface area contributed by atoms with Crippen LogP contribution in [0.5, 0.6) is 5.88 Å². The van der Waals surface area contributed by atoms with Crippen molar-refractivity contribution in [2.75, 3.05) is 33.3 Å². The lowest BCUT2D eigenvalue weighted by Gasteiger charge is -2.21. The maximum atomic E-state index is 12.6. The molecule has 3 rings (SSSR count). The number of aryl methyl sites for hydroxylation is 1. The largest absolute Gasteiger partial charge is 0.481 e. The molecule has 1 aliphatic heterocycles. The molecule has 0 radical (unpaired) electrons. The molecule has 0 aromatic carbocycles. The molecule has 2 aromatic rings. The Morgan fingerprint density at radius 2 is 2.17 bits per heavy atom. The number of methoxy groups -OCH3 is 1. The van der Waals surface area contributed by atoms with E-state index in [1.807, 2.05) is 11.8 Å². The first kappa shape index (κ1) is 16.9. The van der Waals surface area contributed by atoms with E-state index in [9.17, 15) is 4.79 Å². The third kappa shape index (κ3) is 4.10. The van der Waals surface area contributed by atoms with Crippen molar-refractivity contribution in [1.29, 1.82) is 0 Å². The predicted molar refractivity (Wildman–Crippen MR) is 93.4 cm³/mol. The highest BCUT2D eigenvalue weighted by Gasteiger charge is 2.21. The number of carbonyl (C=O) groups excluding carboxylic acids is 1. The van der Waals surface area contributed by atoms with Crippen molar-refractivity contribution in [1.82, 2.24) is 19.8 Å². The molecule has 1 amide bonds. The smallest absolute Gasteiger partial charge is 0.255 e. The molecule has 7 heteroatoms. The number of aromatic nitrogens is 2. The lowest BCUT2D eigenvalue weighted by atomic mass is 10.2. The zero-order valence-electron chi connectivity index (χ0n) is 14.1. The highest BCUT2D eigenvalue weighted by atomic mass is 32.1. The van der Waals surface area contributed by atoms with Gasteiger partial charge in [-0.2, -0.15) is 0 Å². The fourth-order valence-electron chi connectivity index (χ4n) is 2.85. The van der Waals surface area contributed by atoms with Gasteiger partial charge in [-0.25, -0.2) is 9.97 Å². The summed E-state index contributed by atoms with van der Waals surface area (Å²) >= 11 is 1.68. The molecule has 2 aromatic heterocycles. The lowest BCUT2D eigenvalue weighted by Crippen LogP contribution is -2.35. The Balaban J connectivity index is 1.58. The predicted octanol–water partition coefficient (Wildman–Crippen LogP) is 2.20. The van der Waals surface area contributed by atoms with Crippen molar-refractivity contribution in [3.8, 4) is 5.88 Å². The monoisotopic (exact) mass is 346 g/mol. The van der Waals surface area contributed by atoms with Crippen LogP contribution in [-0.4, -0.2) is 59.0 Å². The van der Waals surface area contributed by atoms with Crippen molar-refractivity contribution < 1.29 is 9.53 Å². The third-order valence-corrected chi connectivity index (χ3v) is 4.94. The van der Waals surface area contributed by atoms with Gasteiger partial charge in [0.1, 0.15) is 0 Å². The van der Waals surface area contributed by atoms with E-state index in [1.54, 1.807) is 36.8 Å². The van der Waals surface area contributed by atoms with Crippen molar-refractivity contribution in [2.45, 2.75) is 19.9 Å². The summed E-state index contributed by atoms with van der Waals surface area (Å²) in [5, 5.41) is 3.22. The molecular formula is C17H22N4O2S. The molecule has 0 saturated carbocycles. The van der Waals surface area contributed by atoms with Crippen molar-refractivity contribution in [3.63, 3.8) is 0 Å². The number of rotatable bonds is 4. The van der Waals surface area contributed by atoms with E-state index < -0.39 is 0 Å². The Labute approximate surface area is 146 Å². The van der Waals surface area contributed by atoms with Gasteiger partial charge in [0.2, 0.25) is 5.88 Å². The summed E-state index contributed by atoms with van der Waals surface area (Å²) in [6, 6.07) is 3.50. The van der Waals surface area contributed by atoms with Gasteiger partial charge in [-0.1, -0.05) is 0 Å². The van der Waals surface area contributed by atoms with Gasteiger partial charge in [-0.15, -0.1) is 11.3 Å². The molecule has 0 N–H and O–H groups in total. The fraction of sp³-hybridized carbons (Fsp3) is 0.471. The number of ether oxygens (including phenoxy) is 1. The van der Waals surface area contributed by atoms with E-state index in [1.165, 1.54) is 0 Å². The van der Waals surface area contributed by atoms with E-state index in [4.69, 9.17) is 4.74 Å². The van der Waals surface area contributed by atoms with E-state index in [-0.39, 0.29) is 5.91 Å². The molecule has 1 saturated heterocycles. The highest BCUT2D eigenvalue weighted by Crippen LogP contribution is 2.14. The number of hydrogen-bond acceptors (Lipinski definition) is 6. The van der Waals surface area contributed by atoms with Gasteiger partial charge in [-0.3, -0.25) is 9.69 Å². The van der Waals surface area contributed by atoms with Crippen LogP contribution in [0.1, 0.15) is 27.5 Å². The maximum Gasteiger partial charge on any atom is 0.255 e. The van der Waals surface area contributed by atoms with E-state index in [2.05, 4.69) is 20.2 Å². The van der Waals surface area contributed by atoms with Gasteiger partial charge in [0.05, 0.1) is 23.4 Å². The first-order chi connectivity index (χ1) is 11.7. The van der Waals surface area contributed by atoms with Crippen LogP contribution in [-0.2, 0) is 6.54 Å². The van der Waals surface area contributed by atoms with Crippen LogP contribution in [0.4, 0.5) is 0 Å². The molecule has 0 atom stereocenters. The van der Waals surface area contributed by atoms with Crippen molar-refractivity contribution in [2.24, 2.45) is 0 Å². The minimum Gasteiger partial charge on any atom is -0.481 e. The second-order valence-electron chi connectivity index (χ2n) is 5.87. The molecule has 0 bridgehead atoms. The minimum absolute atomic E-state index is 0.0384. The Kier molecular flexibility index (Phi) is 5.42. The summed E-state index contributed by atoms with van der Waals surface area (Å²) in [5.74, 6) is 0.559. The van der Waals surface area contributed by atoms with E-state index in [0.29, 0.717) is 11.4 Å².